The van der Waals surface area contributed by atoms with Gasteiger partial charge in [0.25, 0.3) is 0 Å². The first-order valence-electron chi connectivity index (χ1n) is 6.68. The molecule has 0 amide bonds. The van der Waals surface area contributed by atoms with Crippen LogP contribution in [0.2, 0.25) is 0 Å². The van der Waals surface area contributed by atoms with Crippen molar-refractivity contribution in [2.45, 2.75) is 64.0 Å². The number of nitrogens with zero attached hydrogens (tertiary/aromatic N) is 1. The number of nitrogens with two attached hydrogens (primary N) is 1. The number of hydrazine groups is 1. The number of hydrogen-bond acceptors (Lipinski definition) is 3. The van der Waals surface area contributed by atoms with Crippen LogP contribution < -0.4 is 11.3 Å². The molecule has 1 aliphatic carbocycles. The van der Waals surface area contributed by atoms with Crippen molar-refractivity contribution in [3.05, 3.63) is 0 Å². The predicted octanol–water partition coefficient (Wildman–Crippen LogP) is 2.13. The van der Waals surface area contributed by atoms with E-state index in [-0.39, 0.29) is 5.54 Å². The summed E-state index contributed by atoms with van der Waals surface area (Å²) >= 11 is 0. The zero-order valence-corrected chi connectivity index (χ0v) is 11.4. The van der Waals surface area contributed by atoms with E-state index in [1.165, 1.54) is 32.1 Å². The standard InChI is InChI=1S/C13H29N3/c1-5-13(2,16(3)4)12(15-14)10-11-8-6-7-9-11/h11-12,15H,5-10,14H2,1-4H3. The van der Waals surface area contributed by atoms with Gasteiger partial charge in [0.2, 0.25) is 0 Å². The summed E-state index contributed by atoms with van der Waals surface area (Å²) in [5.41, 5.74) is 3.22. The Hall–Kier alpha value is -0.120. The van der Waals surface area contributed by atoms with Crippen molar-refractivity contribution in [1.29, 1.82) is 0 Å². The van der Waals surface area contributed by atoms with Gasteiger partial charge in [0.1, 0.15) is 0 Å². The first kappa shape index (κ1) is 13.9. The Morgan fingerprint density at radius 2 is 1.94 bits per heavy atom. The summed E-state index contributed by atoms with van der Waals surface area (Å²) < 4.78 is 0. The molecule has 0 saturated heterocycles. The molecule has 0 aromatic rings. The van der Waals surface area contributed by atoms with Crippen LogP contribution in [0.15, 0.2) is 0 Å². The molecule has 3 nitrogen and oxygen atoms in total. The summed E-state index contributed by atoms with van der Waals surface area (Å²) in [5.74, 6) is 6.66. The highest BCUT2D eigenvalue weighted by Gasteiger charge is 2.35. The normalized spacial score (nSPS) is 23.6. The van der Waals surface area contributed by atoms with E-state index in [9.17, 15) is 0 Å². The first-order valence-corrected chi connectivity index (χ1v) is 6.68. The van der Waals surface area contributed by atoms with Gasteiger partial charge in [-0.2, -0.15) is 0 Å². The van der Waals surface area contributed by atoms with Crippen LogP contribution in [0.3, 0.4) is 0 Å². The van der Waals surface area contributed by atoms with Gasteiger partial charge in [0.05, 0.1) is 0 Å². The summed E-state index contributed by atoms with van der Waals surface area (Å²) in [4.78, 5) is 2.31. The Morgan fingerprint density at radius 3 is 2.31 bits per heavy atom. The van der Waals surface area contributed by atoms with Gasteiger partial charge in [-0.3, -0.25) is 11.3 Å². The van der Waals surface area contributed by atoms with Gasteiger partial charge in [-0.25, -0.2) is 0 Å². The second kappa shape index (κ2) is 5.99. The lowest BCUT2D eigenvalue weighted by Crippen LogP contribution is -2.59. The van der Waals surface area contributed by atoms with Gasteiger partial charge < -0.3 is 4.90 Å². The van der Waals surface area contributed by atoms with Gasteiger partial charge in [-0.05, 0) is 39.8 Å². The molecule has 0 bridgehead atoms. The largest absolute Gasteiger partial charge is 0.302 e. The van der Waals surface area contributed by atoms with Crippen LogP contribution in [-0.2, 0) is 0 Å². The maximum atomic E-state index is 5.77. The molecular formula is C13H29N3. The average molecular weight is 227 g/mol. The molecule has 2 atom stereocenters. The fraction of sp³-hybridized carbons (Fsp3) is 1.00. The van der Waals surface area contributed by atoms with Gasteiger partial charge in [0, 0.05) is 11.6 Å². The van der Waals surface area contributed by atoms with Gasteiger partial charge in [0.15, 0.2) is 0 Å². The van der Waals surface area contributed by atoms with Crippen LogP contribution in [0.25, 0.3) is 0 Å². The molecule has 0 spiro atoms. The van der Waals surface area contributed by atoms with E-state index in [1.54, 1.807) is 0 Å². The van der Waals surface area contributed by atoms with Crippen LogP contribution >= 0.6 is 0 Å². The van der Waals surface area contributed by atoms with Crippen molar-refractivity contribution in [2.24, 2.45) is 11.8 Å². The van der Waals surface area contributed by atoms with Crippen molar-refractivity contribution >= 4 is 0 Å². The Labute approximate surface area is 101 Å². The molecule has 1 aliphatic rings. The van der Waals surface area contributed by atoms with E-state index >= 15 is 0 Å². The maximum absolute atomic E-state index is 5.77. The molecule has 2 unspecified atom stereocenters. The minimum absolute atomic E-state index is 0.164. The molecule has 1 fully saturated rings. The average Bonchev–Trinajstić information content (AvgIpc) is 2.77. The smallest absolute Gasteiger partial charge is 0.0394 e. The third-order valence-electron chi connectivity index (χ3n) is 4.73. The van der Waals surface area contributed by atoms with Crippen molar-refractivity contribution in [3.63, 3.8) is 0 Å². The van der Waals surface area contributed by atoms with Crippen LogP contribution in [0.5, 0.6) is 0 Å². The lowest BCUT2D eigenvalue weighted by atomic mass is 9.82. The Balaban J connectivity index is 2.63. The molecule has 0 aromatic carbocycles. The molecule has 3 heteroatoms. The number of hydrogen-bond donors (Lipinski definition) is 2. The highest BCUT2D eigenvalue weighted by atomic mass is 15.3. The molecule has 16 heavy (non-hydrogen) atoms. The molecule has 0 radical (unpaired) electrons. The third kappa shape index (κ3) is 2.96. The summed E-state index contributed by atoms with van der Waals surface area (Å²) in [5, 5.41) is 0. The second-order valence-electron chi connectivity index (χ2n) is 5.71. The van der Waals surface area contributed by atoms with E-state index in [1.807, 2.05) is 0 Å². The fourth-order valence-corrected chi connectivity index (χ4v) is 2.96. The molecular weight excluding hydrogens is 198 g/mol. The van der Waals surface area contributed by atoms with Crippen molar-refractivity contribution in [2.75, 3.05) is 14.1 Å². The van der Waals surface area contributed by atoms with Crippen LogP contribution in [-0.4, -0.2) is 30.6 Å². The molecule has 96 valence electrons. The lowest BCUT2D eigenvalue weighted by molar-refractivity contribution is 0.0987. The van der Waals surface area contributed by atoms with Crippen LogP contribution in [0, 0.1) is 5.92 Å². The number of likely N-dealkylation sites (N-methyl/N-ethyl adjacent to an activating group) is 1. The Morgan fingerprint density at radius 1 is 1.38 bits per heavy atom. The summed E-state index contributed by atoms with van der Waals surface area (Å²) in [6.45, 7) is 4.56. The fourth-order valence-electron chi connectivity index (χ4n) is 2.96. The zero-order valence-electron chi connectivity index (χ0n) is 11.4. The Kier molecular flexibility index (Phi) is 5.22. The minimum Gasteiger partial charge on any atom is -0.302 e. The summed E-state index contributed by atoms with van der Waals surface area (Å²) in [6.07, 6.45) is 7.96. The second-order valence-corrected chi connectivity index (χ2v) is 5.71. The van der Waals surface area contributed by atoms with Crippen molar-refractivity contribution in [1.82, 2.24) is 10.3 Å². The first-order chi connectivity index (χ1) is 7.54. The van der Waals surface area contributed by atoms with Crippen LogP contribution in [0.4, 0.5) is 0 Å². The van der Waals surface area contributed by atoms with Gasteiger partial charge in [-0.1, -0.05) is 32.6 Å². The highest BCUT2D eigenvalue weighted by molar-refractivity contribution is 4.94. The monoisotopic (exact) mass is 227 g/mol. The van der Waals surface area contributed by atoms with E-state index < -0.39 is 0 Å². The number of nitrogens with one attached hydrogen (secondary N) is 1. The van der Waals surface area contributed by atoms with Gasteiger partial charge >= 0.3 is 0 Å². The van der Waals surface area contributed by atoms with Crippen LogP contribution in [0.1, 0.15) is 52.4 Å². The van der Waals surface area contributed by atoms with E-state index in [2.05, 4.69) is 38.3 Å². The summed E-state index contributed by atoms with van der Waals surface area (Å²) in [7, 11) is 4.31. The minimum atomic E-state index is 0.164. The number of rotatable bonds is 6. The molecule has 1 saturated carbocycles. The van der Waals surface area contributed by atoms with E-state index in [0.717, 1.165) is 12.3 Å². The van der Waals surface area contributed by atoms with E-state index in [0.29, 0.717) is 6.04 Å². The molecule has 0 heterocycles. The van der Waals surface area contributed by atoms with E-state index in [4.69, 9.17) is 5.84 Å². The van der Waals surface area contributed by atoms with Crippen molar-refractivity contribution in [3.8, 4) is 0 Å². The topological polar surface area (TPSA) is 41.3 Å². The molecule has 0 aliphatic heterocycles. The molecule has 3 N–H and O–H groups in total. The third-order valence-corrected chi connectivity index (χ3v) is 4.73. The predicted molar refractivity (Wildman–Crippen MR) is 70.1 cm³/mol. The maximum Gasteiger partial charge on any atom is 0.0394 e. The van der Waals surface area contributed by atoms with Crippen molar-refractivity contribution < 1.29 is 0 Å². The lowest BCUT2D eigenvalue weighted by Gasteiger charge is -2.43. The highest BCUT2D eigenvalue weighted by Crippen LogP contribution is 2.33. The summed E-state index contributed by atoms with van der Waals surface area (Å²) in [6, 6.07) is 0.399. The molecule has 1 rings (SSSR count). The quantitative estimate of drug-likeness (QED) is 0.539. The zero-order chi connectivity index (χ0) is 12.2. The van der Waals surface area contributed by atoms with Gasteiger partial charge in [-0.15, -0.1) is 0 Å². The SMILES string of the molecule is CCC(C)(C(CC1CCCC1)NN)N(C)C. The molecule has 0 aromatic heterocycles. The Bertz CT molecular complexity index is 199.